The summed E-state index contributed by atoms with van der Waals surface area (Å²) in [5, 5.41) is 6.65. The summed E-state index contributed by atoms with van der Waals surface area (Å²) in [5.41, 5.74) is 4.99. The lowest BCUT2D eigenvalue weighted by Crippen LogP contribution is -2.39. The van der Waals surface area contributed by atoms with E-state index in [0.29, 0.717) is 19.7 Å². The molecular formula is C21H26ClN3O2. The summed E-state index contributed by atoms with van der Waals surface area (Å²) >= 11 is 0. The molecule has 27 heavy (non-hydrogen) atoms. The Bertz CT molecular complexity index is 728. The zero-order chi connectivity index (χ0) is 17.8. The fourth-order valence-electron chi connectivity index (χ4n) is 3.83. The van der Waals surface area contributed by atoms with Gasteiger partial charge in [-0.15, -0.1) is 12.4 Å². The molecule has 0 atom stereocenters. The van der Waals surface area contributed by atoms with E-state index < -0.39 is 0 Å². The van der Waals surface area contributed by atoms with Crippen molar-refractivity contribution in [2.75, 3.05) is 45.9 Å². The van der Waals surface area contributed by atoms with Crippen molar-refractivity contribution in [3.05, 3.63) is 59.7 Å². The summed E-state index contributed by atoms with van der Waals surface area (Å²) in [7, 11) is 0. The number of carbonyl (C=O) groups excluding carboxylic acids is 1. The molecule has 0 spiro atoms. The number of nitrogens with one attached hydrogen (secondary N) is 2. The van der Waals surface area contributed by atoms with Gasteiger partial charge in [0.1, 0.15) is 6.61 Å². The molecule has 144 valence electrons. The third kappa shape index (κ3) is 4.26. The van der Waals surface area contributed by atoms with E-state index in [1.807, 2.05) is 0 Å². The van der Waals surface area contributed by atoms with E-state index in [9.17, 15) is 4.79 Å². The van der Waals surface area contributed by atoms with Gasteiger partial charge in [-0.2, -0.15) is 0 Å². The fourth-order valence-corrected chi connectivity index (χ4v) is 3.83. The van der Waals surface area contributed by atoms with Gasteiger partial charge in [-0.25, -0.2) is 4.79 Å². The highest BCUT2D eigenvalue weighted by Gasteiger charge is 2.29. The highest BCUT2D eigenvalue weighted by Crippen LogP contribution is 2.44. The van der Waals surface area contributed by atoms with Gasteiger partial charge in [0.05, 0.1) is 0 Å². The van der Waals surface area contributed by atoms with Gasteiger partial charge < -0.3 is 20.3 Å². The molecule has 1 amide bonds. The number of amides is 1. The Kier molecular flexibility index (Phi) is 6.72. The van der Waals surface area contributed by atoms with Crippen LogP contribution < -0.4 is 10.6 Å². The van der Waals surface area contributed by atoms with E-state index in [0.717, 1.165) is 26.2 Å². The Hall–Kier alpha value is -2.08. The Balaban J connectivity index is 0.00000210. The number of benzene rings is 2. The van der Waals surface area contributed by atoms with Crippen LogP contribution >= 0.6 is 12.4 Å². The Morgan fingerprint density at radius 3 is 1.96 bits per heavy atom. The third-order valence-electron chi connectivity index (χ3n) is 5.19. The Labute approximate surface area is 166 Å². The monoisotopic (exact) mass is 387 g/mol. The Morgan fingerprint density at radius 2 is 1.41 bits per heavy atom. The van der Waals surface area contributed by atoms with Crippen molar-refractivity contribution in [3.63, 3.8) is 0 Å². The van der Waals surface area contributed by atoms with Gasteiger partial charge in [-0.05, 0) is 22.3 Å². The SMILES string of the molecule is Cl.O=C(OCC1c2ccccc2-c2ccccc21)N1CCNCCNCC1. The summed E-state index contributed by atoms with van der Waals surface area (Å²) in [4.78, 5) is 14.4. The topological polar surface area (TPSA) is 53.6 Å². The average molecular weight is 388 g/mol. The molecule has 5 nitrogen and oxygen atoms in total. The number of carbonyl (C=O) groups is 1. The fraction of sp³-hybridized carbons (Fsp3) is 0.381. The lowest BCUT2D eigenvalue weighted by atomic mass is 9.98. The number of hydrogen-bond donors (Lipinski definition) is 2. The first kappa shape index (κ1) is 19.7. The number of nitrogens with zero attached hydrogens (tertiary/aromatic N) is 1. The minimum atomic E-state index is -0.225. The summed E-state index contributed by atoms with van der Waals surface area (Å²) in [5.74, 6) is 0.111. The maximum atomic E-state index is 12.6. The van der Waals surface area contributed by atoms with Crippen LogP contribution in [0, 0.1) is 0 Å². The molecule has 1 heterocycles. The molecule has 1 aliphatic carbocycles. The second-order valence-corrected chi connectivity index (χ2v) is 6.79. The maximum Gasteiger partial charge on any atom is 0.409 e. The molecular weight excluding hydrogens is 362 g/mol. The van der Waals surface area contributed by atoms with E-state index in [1.54, 1.807) is 4.90 Å². The largest absolute Gasteiger partial charge is 0.448 e. The van der Waals surface area contributed by atoms with Crippen molar-refractivity contribution in [3.8, 4) is 11.1 Å². The molecule has 1 saturated heterocycles. The van der Waals surface area contributed by atoms with Crippen LogP contribution in [0.2, 0.25) is 0 Å². The van der Waals surface area contributed by atoms with Crippen LogP contribution in [0.3, 0.4) is 0 Å². The van der Waals surface area contributed by atoms with Crippen molar-refractivity contribution >= 4 is 18.5 Å². The van der Waals surface area contributed by atoms with E-state index in [1.165, 1.54) is 22.3 Å². The molecule has 0 radical (unpaired) electrons. The van der Waals surface area contributed by atoms with Gasteiger partial charge in [-0.3, -0.25) is 0 Å². The van der Waals surface area contributed by atoms with Gasteiger partial charge in [0, 0.05) is 45.2 Å². The summed E-state index contributed by atoms with van der Waals surface area (Å²) in [6.45, 7) is 5.19. The lowest BCUT2D eigenvalue weighted by molar-refractivity contribution is 0.101. The van der Waals surface area contributed by atoms with Crippen molar-refractivity contribution in [2.24, 2.45) is 0 Å². The molecule has 2 aliphatic rings. The smallest absolute Gasteiger partial charge is 0.409 e. The van der Waals surface area contributed by atoms with Gasteiger partial charge >= 0.3 is 6.09 Å². The van der Waals surface area contributed by atoms with Gasteiger partial charge in [0.15, 0.2) is 0 Å². The number of halogens is 1. The predicted octanol–water partition coefficient (Wildman–Crippen LogP) is 2.85. The Morgan fingerprint density at radius 1 is 0.889 bits per heavy atom. The molecule has 0 unspecified atom stereocenters. The number of rotatable bonds is 2. The van der Waals surface area contributed by atoms with Crippen molar-refractivity contribution in [2.45, 2.75) is 5.92 Å². The van der Waals surface area contributed by atoms with Crippen molar-refractivity contribution < 1.29 is 9.53 Å². The van der Waals surface area contributed by atoms with Gasteiger partial charge in [0.25, 0.3) is 0 Å². The predicted molar refractivity (Wildman–Crippen MR) is 110 cm³/mol. The zero-order valence-corrected chi connectivity index (χ0v) is 16.1. The first-order valence-electron chi connectivity index (χ1n) is 9.36. The van der Waals surface area contributed by atoms with Gasteiger partial charge in [0.2, 0.25) is 0 Å². The highest BCUT2D eigenvalue weighted by molar-refractivity contribution is 5.85. The summed E-state index contributed by atoms with van der Waals surface area (Å²) in [6, 6.07) is 16.8. The molecule has 0 aromatic heterocycles. The van der Waals surface area contributed by atoms with Crippen LogP contribution in [-0.4, -0.2) is 56.9 Å². The number of ether oxygens (including phenoxy) is 1. The van der Waals surface area contributed by atoms with Crippen LogP contribution in [0.25, 0.3) is 11.1 Å². The lowest BCUT2D eigenvalue weighted by Gasteiger charge is -2.23. The van der Waals surface area contributed by atoms with Crippen molar-refractivity contribution in [1.29, 1.82) is 0 Å². The minimum Gasteiger partial charge on any atom is -0.448 e. The van der Waals surface area contributed by atoms with Crippen LogP contribution in [0.5, 0.6) is 0 Å². The van der Waals surface area contributed by atoms with E-state index in [-0.39, 0.29) is 24.4 Å². The average Bonchev–Trinajstić information content (AvgIpc) is 3.07. The van der Waals surface area contributed by atoms with Crippen LogP contribution in [0.4, 0.5) is 4.79 Å². The molecule has 2 aromatic carbocycles. The summed E-state index contributed by atoms with van der Waals surface area (Å²) < 4.78 is 5.75. The molecule has 6 heteroatoms. The number of hydrogen-bond acceptors (Lipinski definition) is 4. The second-order valence-electron chi connectivity index (χ2n) is 6.79. The molecule has 4 rings (SSSR count). The molecule has 0 bridgehead atoms. The molecule has 2 N–H and O–H groups in total. The molecule has 1 fully saturated rings. The standard InChI is InChI=1S/C21H25N3O2.ClH/c25-21(24-13-11-22-9-10-23-12-14-24)26-15-20-18-7-3-1-5-16(18)17-6-2-4-8-19(17)20;/h1-8,20,22-23H,9-15H2;1H. The zero-order valence-electron chi connectivity index (χ0n) is 15.3. The second kappa shape index (κ2) is 9.22. The van der Waals surface area contributed by atoms with E-state index >= 15 is 0 Å². The molecule has 1 aliphatic heterocycles. The molecule has 0 saturated carbocycles. The normalized spacial score (nSPS) is 17.0. The van der Waals surface area contributed by atoms with Crippen LogP contribution in [0.15, 0.2) is 48.5 Å². The number of fused-ring (bicyclic) bond motifs is 3. The third-order valence-corrected chi connectivity index (χ3v) is 5.19. The van der Waals surface area contributed by atoms with E-state index in [4.69, 9.17) is 4.74 Å². The first-order valence-corrected chi connectivity index (χ1v) is 9.36. The first-order chi connectivity index (χ1) is 12.8. The highest BCUT2D eigenvalue weighted by atomic mass is 35.5. The maximum absolute atomic E-state index is 12.6. The van der Waals surface area contributed by atoms with E-state index in [2.05, 4.69) is 59.2 Å². The van der Waals surface area contributed by atoms with Crippen LogP contribution in [-0.2, 0) is 4.74 Å². The molecule has 2 aromatic rings. The van der Waals surface area contributed by atoms with Crippen LogP contribution in [0.1, 0.15) is 17.0 Å². The summed E-state index contributed by atoms with van der Waals surface area (Å²) in [6.07, 6.45) is -0.225. The van der Waals surface area contributed by atoms with Gasteiger partial charge in [-0.1, -0.05) is 48.5 Å². The van der Waals surface area contributed by atoms with Crippen molar-refractivity contribution in [1.82, 2.24) is 15.5 Å². The quantitative estimate of drug-likeness (QED) is 0.832. The minimum absolute atomic E-state index is 0.